The van der Waals surface area contributed by atoms with Crippen LogP contribution >= 0.6 is 0 Å². The molecule has 3 aromatic rings. The lowest BCUT2D eigenvalue weighted by Crippen LogP contribution is -3.15. The zero-order valence-electron chi connectivity index (χ0n) is 21.8. The lowest BCUT2D eigenvalue weighted by Gasteiger charge is -2.35. The predicted octanol–water partition coefficient (Wildman–Crippen LogP) is 4.08. The molecule has 0 aliphatic carbocycles. The van der Waals surface area contributed by atoms with Crippen molar-refractivity contribution in [2.45, 2.75) is 44.8 Å². The molecule has 0 aromatic heterocycles. The molecule has 2 saturated heterocycles. The average molecular weight is 498 g/mol. The van der Waals surface area contributed by atoms with E-state index in [4.69, 9.17) is 4.74 Å². The molecule has 5 atom stereocenters. The van der Waals surface area contributed by atoms with Crippen molar-refractivity contribution in [3.8, 4) is 0 Å². The van der Waals surface area contributed by atoms with Crippen molar-refractivity contribution in [1.82, 2.24) is 0 Å². The molecule has 2 aliphatic rings. The minimum Gasteiger partial charge on any atom is -0.456 e. The molecule has 37 heavy (non-hydrogen) atoms. The highest BCUT2D eigenvalue weighted by Gasteiger charge is 2.47. The Labute approximate surface area is 220 Å². The van der Waals surface area contributed by atoms with Gasteiger partial charge in [-0.1, -0.05) is 85.3 Å². The van der Waals surface area contributed by atoms with Crippen molar-refractivity contribution in [3.63, 3.8) is 0 Å². The van der Waals surface area contributed by atoms with Gasteiger partial charge in [-0.05, 0) is 31.0 Å². The van der Waals surface area contributed by atoms with E-state index in [-0.39, 0.29) is 29.8 Å². The molecule has 2 aliphatic heterocycles. The first kappa shape index (κ1) is 25.2. The largest absolute Gasteiger partial charge is 0.456 e. The number of esters is 1. The van der Waals surface area contributed by atoms with Gasteiger partial charge < -0.3 is 14.5 Å². The van der Waals surface area contributed by atoms with Crippen LogP contribution in [0.4, 0.5) is 5.69 Å². The van der Waals surface area contributed by atoms with Gasteiger partial charge in [0.1, 0.15) is 19.0 Å². The predicted molar refractivity (Wildman–Crippen MR) is 146 cm³/mol. The molecule has 0 spiro atoms. The van der Waals surface area contributed by atoms with Crippen LogP contribution in [0.1, 0.15) is 47.2 Å². The van der Waals surface area contributed by atoms with E-state index in [0.29, 0.717) is 19.0 Å². The number of carbonyl (C=O) groups is 2. The second kappa shape index (κ2) is 11.3. The second-order valence-corrected chi connectivity index (χ2v) is 10.5. The molecule has 0 bridgehead atoms. The summed E-state index contributed by atoms with van der Waals surface area (Å²) in [6, 6.07) is 28.1. The molecular formula is C32H37N2O3+. The summed E-state index contributed by atoms with van der Waals surface area (Å²) >= 11 is 0. The molecule has 5 unspecified atom stereocenters. The maximum Gasteiger partial charge on any atom is 0.316 e. The van der Waals surface area contributed by atoms with E-state index in [9.17, 15) is 9.59 Å². The number of aryl methyl sites for hydroxylation is 1. The molecule has 5 heteroatoms. The SMILES string of the molecule is CCC1CC[NH+](CC(=O)c2ccccc2)CC1OC(=O)C(c1ccccc1)C1CN1c1ccc(C)cc1. The first-order valence-electron chi connectivity index (χ1n) is 13.5. The molecule has 2 heterocycles. The fraction of sp³-hybridized carbons (Fsp3) is 0.375. The van der Waals surface area contributed by atoms with Crippen LogP contribution in [0, 0.1) is 12.8 Å². The Hall–Kier alpha value is -3.44. The first-order chi connectivity index (χ1) is 18.0. The zero-order chi connectivity index (χ0) is 25.8. The van der Waals surface area contributed by atoms with E-state index < -0.39 is 0 Å². The summed E-state index contributed by atoms with van der Waals surface area (Å²) in [5.41, 5.74) is 4.11. The number of ether oxygens (including phenoxy) is 1. The monoisotopic (exact) mass is 497 g/mol. The van der Waals surface area contributed by atoms with Crippen LogP contribution < -0.4 is 9.80 Å². The Morgan fingerprint density at radius 3 is 2.32 bits per heavy atom. The van der Waals surface area contributed by atoms with Crippen LogP contribution in [0.2, 0.25) is 0 Å². The lowest BCUT2D eigenvalue weighted by atomic mass is 9.90. The third-order valence-corrected chi connectivity index (χ3v) is 8.00. The number of ketones is 1. The van der Waals surface area contributed by atoms with Gasteiger partial charge in [-0.2, -0.15) is 0 Å². The first-order valence-corrected chi connectivity index (χ1v) is 13.5. The van der Waals surface area contributed by atoms with Crippen LogP contribution in [0.25, 0.3) is 0 Å². The van der Waals surface area contributed by atoms with Gasteiger partial charge in [0.2, 0.25) is 5.78 Å². The number of piperidine rings is 1. The Kier molecular flexibility index (Phi) is 7.71. The van der Waals surface area contributed by atoms with Gasteiger partial charge in [-0.15, -0.1) is 0 Å². The number of hydrogen-bond acceptors (Lipinski definition) is 4. The Balaban J connectivity index is 1.30. The molecule has 5 rings (SSSR count). The number of benzene rings is 3. The number of hydrogen-bond donors (Lipinski definition) is 1. The van der Waals surface area contributed by atoms with Crippen molar-refractivity contribution >= 4 is 17.4 Å². The summed E-state index contributed by atoms with van der Waals surface area (Å²) in [6.45, 7) is 7.12. The van der Waals surface area contributed by atoms with Crippen LogP contribution in [-0.2, 0) is 9.53 Å². The zero-order valence-corrected chi connectivity index (χ0v) is 21.8. The maximum absolute atomic E-state index is 13.8. The van der Waals surface area contributed by atoms with Gasteiger partial charge in [0.15, 0.2) is 6.10 Å². The van der Waals surface area contributed by atoms with Crippen molar-refractivity contribution < 1.29 is 19.2 Å². The summed E-state index contributed by atoms with van der Waals surface area (Å²) in [5.74, 6) is -0.0194. The topological polar surface area (TPSA) is 50.8 Å². The summed E-state index contributed by atoms with van der Waals surface area (Å²) in [5, 5.41) is 0. The fourth-order valence-electron chi connectivity index (χ4n) is 5.72. The average Bonchev–Trinajstić information content (AvgIpc) is 3.71. The molecule has 0 saturated carbocycles. The smallest absolute Gasteiger partial charge is 0.316 e. The second-order valence-electron chi connectivity index (χ2n) is 10.5. The van der Waals surface area contributed by atoms with E-state index in [0.717, 1.165) is 42.7 Å². The Morgan fingerprint density at radius 2 is 1.65 bits per heavy atom. The summed E-state index contributed by atoms with van der Waals surface area (Å²) in [7, 11) is 0. The van der Waals surface area contributed by atoms with Crippen LogP contribution in [0.15, 0.2) is 84.9 Å². The van der Waals surface area contributed by atoms with Gasteiger partial charge in [0.25, 0.3) is 0 Å². The number of anilines is 1. The minimum absolute atomic E-state index is 0.0874. The number of carbonyl (C=O) groups excluding carboxylic acids is 2. The summed E-state index contributed by atoms with van der Waals surface area (Å²) in [4.78, 5) is 30.1. The minimum atomic E-state index is -0.337. The van der Waals surface area contributed by atoms with Crippen LogP contribution in [0.5, 0.6) is 0 Å². The molecule has 0 amide bonds. The molecule has 1 N–H and O–H groups in total. The number of Topliss-reactive ketones (excluding diaryl/α,β-unsaturated/α-hetero) is 1. The molecule has 192 valence electrons. The number of nitrogens with one attached hydrogen (secondary N) is 1. The quantitative estimate of drug-likeness (QED) is 0.275. The molecule has 0 radical (unpaired) electrons. The number of quaternary nitrogens is 1. The van der Waals surface area contributed by atoms with Gasteiger partial charge in [0, 0.05) is 30.1 Å². The van der Waals surface area contributed by atoms with Gasteiger partial charge in [-0.3, -0.25) is 9.59 Å². The van der Waals surface area contributed by atoms with Gasteiger partial charge in [-0.25, -0.2) is 0 Å². The van der Waals surface area contributed by atoms with Gasteiger partial charge in [0.05, 0.1) is 12.6 Å². The van der Waals surface area contributed by atoms with Crippen LogP contribution in [-0.4, -0.2) is 50.1 Å². The van der Waals surface area contributed by atoms with Crippen molar-refractivity contribution in [2.75, 3.05) is 31.1 Å². The van der Waals surface area contributed by atoms with E-state index in [1.807, 2.05) is 60.7 Å². The highest BCUT2D eigenvalue weighted by molar-refractivity contribution is 5.96. The van der Waals surface area contributed by atoms with Crippen molar-refractivity contribution in [1.29, 1.82) is 0 Å². The maximum atomic E-state index is 13.8. The number of nitrogens with zero attached hydrogens (tertiary/aromatic N) is 1. The van der Waals surface area contributed by atoms with E-state index in [1.54, 1.807) is 0 Å². The molecule has 3 aromatic carbocycles. The normalized spacial score (nSPS) is 23.8. The highest BCUT2D eigenvalue weighted by atomic mass is 16.5. The number of rotatable bonds is 9. The van der Waals surface area contributed by atoms with Gasteiger partial charge >= 0.3 is 5.97 Å². The third kappa shape index (κ3) is 5.94. The van der Waals surface area contributed by atoms with E-state index in [2.05, 4.69) is 43.0 Å². The molecular weight excluding hydrogens is 460 g/mol. The Morgan fingerprint density at radius 1 is 0.973 bits per heavy atom. The Bertz CT molecular complexity index is 1200. The highest BCUT2D eigenvalue weighted by Crippen LogP contribution is 2.39. The van der Waals surface area contributed by atoms with E-state index in [1.165, 1.54) is 10.5 Å². The lowest BCUT2D eigenvalue weighted by molar-refractivity contribution is -0.901. The standard InChI is InChI=1S/C32H36N2O3/c1-3-24-18-19-33(21-29(35)25-10-6-4-7-11-25)22-30(24)37-32(36)31(26-12-8-5-9-13-26)28-20-34(28)27-16-14-23(2)15-17-27/h4-17,24,28,30-31H,3,18-22H2,1-2H3/p+1. The van der Waals surface area contributed by atoms with E-state index >= 15 is 0 Å². The summed E-state index contributed by atoms with van der Waals surface area (Å²) in [6.07, 6.45) is 1.75. The van der Waals surface area contributed by atoms with Crippen molar-refractivity contribution in [2.24, 2.45) is 5.92 Å². The molecule has 2 fully saturated rings. The fourth-order valence-corrected chi connectivity index (χ4v) is 5.72. The summed E-state index contributed by atoms with van der Waals surface area (Å²) < 4.78 is 6.34. The van der Waals surface area contributed by atoms with Crippen LogP contribution in [0.3, 0.4) is 0 Å². The third-order valence-electron chi connectivity index (χ3n) is 8.00. The molecule has 5 nitrogen and oxygen atoms in total. The van der Waals surface area contributed by atoms with Crippen molar-refractivity contribution in [3.05, 3.63) is 102 Å². The number of likely N-dealkylation sites (tertiary alicyclic amines) is 1.